The Morgan fingerprint density at radius 2 is 1.63 bits per heavy atom. The Morgan fingerprint density at radius 1 is 0.971 bits per heavy atom. The summed E-state index contributed by atoms with van der Waals surface area (Å²) in [6, 6.07) is 14.8. The van der Waals surface area contributed by atoms with E-state index in [2.05, 4.69) is 37.9 Å². The summed E-state index contributed by atoms with van der Waals surface area (Å²) in [5.41, 5.74) is 1.13. The molecule has 2 aromatic carbocycles. The van der Waals surface area contributed by atoms with E-state index < -0.39 is 0 Å². The number of para-hydroxylation sites is 2. The summed E-state index contributed by atoms with van der Waals surface area (Å²) in [6.45, 7) is 11.8. The second-order valence-electron chi connectivity index (χ2n) is 9.07. The van der Waals surface area contributed by atoms with Gasteiger partial charge in [0.25, 0.3) is 11.8 Å². The molecule has 1 aliphatic rings. The number of piperidine rings is 1. The molecule has 0 radical (unpaired) electrons. The van der Waals surface area contributed by atoms with Crippen LogP contribution in [0.2, 0.25) is 0 Å². The number of ether oxygens (including phenoxy) is 2. The topological polar surface area (TPSA) is 71.1 Å². The van der Waals surface area contributed by atoms with Crippen molar-refractivity contribution < 1.29 is 19.1 Å². The minimum atomic E-state index is -0.233. The number of hydrogen-bond acceptors (Lipinski definition) is 5. The highest BCUT2D eigenvalue weighted by Crippen LogP contribution is 2.25. The molecule has 2 aromatic rings. The van der Waals surface area contributed by atoms with E-state index in [0.717, 1.165) is 38.9 Å². The van der Waals surface area contributed by atoms with Crippen LogP contribution in [0.5, 0.6) is 11.5 Å². The molecule has 0 aliphatic carbocycles. The summed E-state index contributed by atoms with van der Waals surface area (Å²) < 4.78 is 11.7. The van der Waals surface area contributed by atoms with Gasteiger partial charge in [0.15, 0.2) is 6.61 Å². The molecule has 1 N–H and O–H groups in total. The maximum atomic E-state index is 12.8. The van der Waals surface area contributed by atoms with Crippen molar-refractivity contribution in [1.29, 1.82) is 0 Å². The minimum absolute atomic E-state index is 0.00156. The largest absolute Gasteiger partial charge is 0.490 e. The molecule has 7 heteroatoms. The summed E-state index contributed by atoms with van der Waals surface area (Å²) in [5.74, 6) is 0.979. The minimum Gasteiger partial charge on any atom is -0.490 e. The molecular formula is C28H39N3O4. The quantitative estimate of drug-likeness (QED) is 0.498. The van der Waals surface area contributed by atoms with Crippen LogP contribution in [-0.2, 0) is 4.79 Å². The third-order valence-electron chi connectivity index (χ3n) is 6.66. The highest BCUT2D eigenvalue weighted by molar-refractivity contribution is 6.05. The molecule has 2 amide bonds. The van der Waals surface area contributed by atoms with Crippen LogP contribution in [0, 0.1) is 0 Å². The van der Waals surface area contributed by atoms with Crippen molar-refractivity contribution in [2.45, 2.75) is 59.0 Å². The van der Waals surface area contributed by atoms with Crippen molar-refractivity contribution in [3.05, 3.63) is 54.1 Å². The molecule has 35 heavy (non-hydrogen) atoms. The van der Waals surface area contributed by atoms with E-state index in [4.69, 9.17) is 9.47 Å². The molecule has 190 valence electrons. The second-order valence-corrected chi connectivity index (χ2v) is 9.07. The van der Waals surface area contributed by atoms with E-state index >= 15 is 0 Å². The monoisotopic (exact) mass is 481 g/mol. The predicted molar refractivity (Wildman–Crippen MR) is 139 cm³/mol. The zero-order valence-corrected chi connectivity index (χ0v) is 21.5. The standard InChI is InChI=1S/C28H39N3O4/c1-5-30(6-2)18-19-34-26-13-8-7-12-25(26)29-28(33)23-14-16-24(17-15-23)35-20-27(32)31-21(3)10-9-11-22(31)4/h7-8,12-17,21-22H,5-6,9-11,18-20H2,1-4H3,(H,29,33). The Bertz CT molecular complexity index is 949. The van der Waals surface area contributed by atoms with Crippen LogP contribution < -0.4 is 14.8 Å². The number of nitrogens with one attached hydrogen (secondary N) is 1. The maximum Gasteiger partial charge on any atom is 0.260 e. The zero-order chi connectivity index (χ0) is 25.2. The number of nitrogens with zero attached hydrogens (tertiary/aromatic N) is 2. The molecule has 7 nitrogen and oxygen atoms in total. The molecule has 0 aromatic heterocycles. The highest BCUT2D eigenvalue weighted by atomic mass is 16.5. The lowest BCUT2D eigenvalue weighted by atomic mass is 9.97. The molecule has 1 fully saturated rings. The lowest BCUT2D eigenvalue weighted by molar-refractivity contribution is -0.139. The van der Waals surface area contributed by atoms with E-state index in [0.29, 0.717) is 29.4 Å². The Morgan fingerprint density at radius 3 is 2.29 bits per heavy atom. The Kier molecular flexibility index (Phi) is 9.97. The average Bonchev–Trinajstić information content (AvgIpc) is 2.86. The molecule has 2 unspecified atom stereocenters. The zero-order valence-electron chi connectivity index (χ0n) is 21.5. The molecular weight excluding hydrogens is 442 g/mol. The van der Waals surface area contributed by atoms with Gasteiger partial charge in [0.2, 0.25) is 0 Å². The summed E-state index contributed by atoms with van der Waals surface area (Å²) >= 11 is 0. The summed E-state index contributed by atoms with van der Waals surface area (Å²) in [7, 11) is 0. The lowest BCUT2D eigenvalue weighted by Crippen LogP contribution is -2.49. The second kappa shape index (κ2) is 13.1. The molecule has 2 atom stereocenters. The predicted octanol–water partition coefficient (Wildman–Crippen LogP) is 4.83. The number of likely N-dealkylation sites (tertiary alicyclic amines) is 1. The van der Waals surface area contributed by atoms with Gasteiger partial charge in [-0.1, -0.05) is 26.0 Å². The van der Waals surface area contributed by atoms with Crippen molar-refractivity contribution in [2.24, 2.45) is 0 Å². The smallest absolute Gasteiger partial charge is 0.260 e. The van der Waals surface area contributed by atoms with Crippen LogP contribution in [0.4, 0.5) is 5.69 Å². The lowest BCUT2D eigenvalue weighted by Gasteiger charge is -2.38. The first-order valence-electron chi connectivity index (χ1n) is 12.7. The van der Waals surface area contributed by atoms with Crippen LogP contribution in [0.25, 0.3) is 0 Å². The number of anilines is 1. The molecule has 1 heterocycles. The van der Waals surface area contributed by atoms with Crippen molar-refractivity contribution in [2.75, 3.05) is 38.2 Å². The van der Waals surface area contributed by atoms with Gasteiger partial charge >= 0.3 is 0 Å². The van der Waals surface area contributed by atoms with Gasteiger partial charge in [-0.3, -0.25) is 9.59 Å². The Labute approximate surface area is 209 Å². The van der Waals surface area contributed by atoms with Crippen LogP contribution >= 0.6 is 0 Å². The fourth-order valence-electron chi connectivity index (χ4n) is 4.55. The number of rotatable bonds is 11. The number of carbonyl (C=O) groups excluding carboxylic acids is 2. The van der Waals surface area contributed by atoms with Crippen molar-refractivity contribution in [3.63, 3.8) is 0 Å². The van der Waals surface area contributed by atoms with Crippen molar-refractivity contribution in [1.82, 2.24) is 9.80 Å². The fraction of sp³-hybridized carbons (Fsp3) is 0.500. The normalized spacial score (nSPS) is 17.8. The molecule has 0 saturated carbocycles. The van der Waals surface area contributed by atoms with Gasteiger partial charge < -0.3 is 24.6 Å². The first-order chi connectivity index (χ1) is 16.9. The van der Waals surface area contributed by atoms with Gasteiger partial charge in [-0.2, -0.15) is 0 Å². The van der Waals surface area contributed by atoms with Crippen LogP contribution in [0.3, 0.4) is 0 Å². The average molecular weight is 482 g/mol. The van der Waals surface area contributed by atoms with Gasteiger partial charge in [-0.05, 0) is 82.6 Å². The van der Waals surface area contributed by atoms with E-state index in [-0.39, 0.29) is 30.5 Å². The van der Waals surface area contributed by atoms with E-state index in [1.807, 2.05) is 29.2 Å². The number of amides is 2. The maximum absolute atomic E-state index is 12.8. The van der Waals surface area contributed by atoms with Crippen LogP contribution in [0.1, 0.15) is 57.3 Å². The van der Waals surface area contributed by atoms with Crippen LogP contribution in [-0.4, -0.2) is 66.5 Å². The van der Waals surface area contributed by atoms with Gasteiger partial charge in [-0.15, -0.1) is 0 Å². The number of hydrogen-bond donors (Lipinski definition) is 1. The molecule has 1 aliphatic heterocycles. The van der Waals surface area contributed by atoms with E-state index in [1.54, 1.807) is 24.3 Å². The molecule has 3 rings (SSSR count). The molecule has 0 bridgehead atoms. The summed E-state index contributed by atoms with van der Waals surface area (Å²) in [5, 5.41) is 2.94. The molecule has 0 spiro atoms. The van der Waals surface area contributed by atoms with Gasteiger partial charge in [0.1, 0.15) is 18.1 Å². The Hall–Kier alpha value is -3.06. The summed E-state index contributed by atoms with van der Waals surface area (Å²) in [6.07, 6.45) is 3.22. The molecule has 1 saturated heterocycles. The van der Waals surface area contributed by atoms with Gasteiger partial charge in [0.05, 0.1) is 5.69 Å². The fourth-order valence-corrected chi connectivity index (χ4v) is 4.55. The number of carbonyl (C=O) groups is 2. The van der Waals surface area contributed by atoms with E-state index in [1.165, 1.54) is 0 Å². The first-order valence-corrected chi connectivity index (χ1v) is 12.7. The van der Waals surface area contributed by atoms with Crippen LogP contribution in [0.15, 0.2) is 48.5 Å². The van der Waals surface area contributed by atoms with Crippen molar-refractivity contribution in [3.8, 4) is 11.5 Å². The SMILES string of the molecule is CCN(CC)CCOc1ccccc1NC(=O)c1ccc(OCC(=O)N2C(C)CCCC2C)cc1. The highest BCUT2D eigenvalue weighted by Gasteiger charge is 2.29. The number of likely N-dealkylation sites (N-methyl/N-ethyl adjacent to an activating group) is 1. The third kappa shape index (κ3) is 7.46. The number of benzene rings is 2. The Balaban J connectivity index is 1.53. The van der Waals surface area contributed by atoms with E-state index in [9.17, 15) is 9.59 Å². The first kappa shape index (κ1) is 26.5. The van der Waals surface area contributed by atoms with Crippen molar-refractivity contribution >= 4 is 17.5 Å². The van der Waals surface area contributed by atoms with Gasteiger partial charge in [0, 0.05) is 24.2 Å². The summed E-state index contributed by atoms with van der Waals surface area (Å²) in [4.78, 5) is 29.7. The third-order valence-corrected chi connectivity index (χ3v) is 6.66. The van der Waals surface area contributed by atoms with Gasteiger partial charge in [-0.25, -0.2) is 0 Å².